The number of benzene rings is 3. The monoisotopic (exact) mass is 638 g/mol. The second-order valence-corrected chi connectivity index (χ2v) is 11.0. The van der Waals surface area contributed by atoms with Crippen LogP contribution in [0.5, 0.6) is 5.75 Å². The third-order valence-corrected chi connectivity index (χ3v) is 7.68. The Morgan fingerprint density at radius 2 is 1.84 bits per heavy atom. The Morgan fingerprint density at radius 1 is 1.08 bits per heavy atom. The quantitative estimate of drug-likeness (QED) is 0.120. The van der Waals surface area contributed by atoms with Crippen molar-refractivity contribution < 1.29 is 9.66 Å². The molecule has 0 spiro atoms. The molecule has 1 aliphatic rings. The molecule has 0 bridgehead atoms. The molecule has 38 heavy (non-hydrogen) atoms. The van der Waals surface area contributed by atoms with Gasteiger partial charge in [0.15, 0.2) is 0 Å². The maximum Gasteiger partial charge on any atom is 0.312 e. The van der Waals surface area contributed by atoms with Crippen LogP contribution in [0.3, 0.4) is 0 Å². The Labute approximate surface area is 235 Å². The molecule has 4 aromatic rings. The molecule has 1 aromatic heterocycles. The first-order valence-electron chi connectivity index (χ1n) is 12.3. The van der Waals surface area contributed by atoms with Crippen molar-refractivity contribution in [3.8, 4) is 5.75 Å². The summed E-state index contributed by atoms with van der Waals surface area (Å²) in [7, 11) is 0. The van der Waals surface area contributed by atoms with Gasteiger partial charge in [-0.15, -0.1) is 0 Å². The van der Waals surface area contributed by atoms with Gasteiger partial charge in [0.1, 0.15) is 12.4 Å². The molecule has 0 unspecified atom stereocenters. The normalized spacial score (nSPS) is 14.3. The largest absolute Gasteiger partial charge is 0.481 e. The minimum atomic E-state index is -0.489. The van der Waals surface area contributed by atoms with Crippen LogP contribution in [0, 0.1) is 10.1 Å². The molecule has 1 saturated carbocycles. The lowest BCUT2D eigenvalue weighted by molar-refractivity contribution is -0.386. The first kappa shape index (κ1) is 26.2. The summed E-state index contributed by atoms with van der Waals surface area (Å²) in [4.78, 5) is 29.8. The third-order valence-electron chi connectivity index (χ3n) is 6.60. The van der Waals surface area contributed by atoms with Crippen molar-refractivity contribution in [2.24, 2.45) is 5.10 Å². The molecule has 1 heterocycles. The fraction of sp³-hybridized carbons (Fsp3) is 0.250. The molecule has 194 valence electrons. The molecule has 0 radical (unpaired) electrons. The highest BCUT2D eigenvalue weighted by atomic mass is 79.9. The van der Waals surface area contributed by atoms with Gasteiger partial charge in [0.05, 0.1) is 26.5 Å². The maximum atomic E-state index is 13.5. The van der Waals surface area contributed by atoms with Crippen LogP contribution in [0.15, 0.2) is 79.5 Å². The smallest absolute Gasteiger partial charge is 0.312 e. The molecule has 0 atom stereocenters. The van der Waals surface area contributed by atoms with Crippen molar-refractivity contribution in [1.82, 2.24) is 9.66 Å². The van der Waals surface area contributed by atoms with E-state index in [1.807, 2.05) is 42.5 Å². The van der Waals surface area contributed by atoms with Gasteiger partial charge in [-0.1, -0.05) is 65.5 Å². The second kappa shape index (κ2) is 11.6. The Balaban J connectivity index is 1.53. The highest BCUT2D eigenvalue weighted by Gasteiger charge is 2.23. The molecule has 0 amide bonds. The van der Waals surface area contributed by atoms with E-state index < -0.39 is 4.92 Å². The van der Waals surface area contributed by atoms with Crippen molar-refractivity contribution in [3.63, 3.8) is 0 Å². The minimum Gasteiger partial charge on any atom is -0.481 e. The number of rotatable bonds is 7. The zero-order valence-corrected chi connectivity index (χ0v) is 23.5. The van der Waals surface area contributed by atoms with Gasteiger partial charge in [0.2, 0.25) is 5.75 Å². The topological polar surface area (TPSA) is 99.6 Å². The van der Waals surface area contributed by atoms with E-state index in [4.69, 9.17) is 9.72 Å². The molecule has 0 saturated heterocycles. The summed E-state index contributed by atoms with van der Waals surface area (Å²) in [6, 6.07) is 17.9. The Hall–Kier alpha value is -3.37. The van der Waals surface area contributed by atoms with E-state index in [1.54, 1.807) is 12.1 Å². The predicted octanol–water partition coefficient (Wildman–Crippen LogP) is 7.34. The van der Waals surface area contributed by atoms with Gasteiger partial charge in [-0.05, 0) is 58.6 Å². The molecule has 1 fully saturated rings. The number of nitrogens with zero attached hydrogens (tertiary/aromatic N) is 4. The molecule has 8 nitrogen and oxygen atoms in total. The van der Waals surface area contributed by atoms with Gasteiger partial charge in [0, 0.05) is 22.0 Å². The number of ether oxygens (including phenoxy) is 1. The van der Waals surface area contributed by atoms with Crippen LogP contribution in [0.2, 0.25) is 0 Å². The van der Waals surface area contributed by atoms with Gasteiger partial charge in [-0.2, -0.15) is 9.78 Å². The first-order valence-corrected chi connectivity index (χ1v) is 13.9. The van der Waals surface area contributed by atoms with Gasteiger partial charge >= 0.3 is 5.69 Å². The van der Waals surface area contributed by atoms with E-state index in [-0.39, 0.29) is 29.5 Å². The zero-order valence-electron chi connectivity index (χ0n) is 20.3. The lowest BCUT2D eigenvalue weighted by Gasteiger charge is -2.22. The van der Waals surface area contributed by atoms with E-state index in [9.17, 15) is 14.9 Å². The first-order chi connectivity index (χ1) is 18.4. The lowest BCUT2D eigenvalue weighted by atomic mass is 9.88. The lowest BCUT2D eigenvalue weighted by Crippen LogP contribution is -2.25. The highest BCUT2D eigenvalue weighted by Crippen LogP contribution is 2.37. The molecular weight excluding hydrogens is 616 g/mol. The van der Waals surface area contributed by atoms with Gasteiger partial charge in [0.25, 0.3) is 5.56 Å². The number of nitro groups is 1. The van der Waals surface area contributed by atoms with Crippen LogP contribution in [0.4, 0.5) is 5.69 Å². The average molecular weight is 640 g/mol. The standard InChI is InChI=1S/C28H24Br2N4O4/c29-21-11-12-24-22(15-21)28(35)33(27(32-24)20-9-5-2-6-10-20)31-16-19-13-23(30)26(25(14-19)34(36)37)38-17-18-7-3-1-4-8-18/h1,3-4,7-8,11-16,20H,2,5-6,9-10,17H2. The summed E-state index contributed by atoms with van der Waals surface area (Å²) in [6.07, 6.45) is 6.65. The van der Waals surface area contributed by atoms with Crippen LogP contribution in [-0.4, -0.2) is 20.8 Å². The van der Waals surface area contributed by atoms with Gasteiger partial charge < -0.3 is 4.74 Å². The summed E-state index contributed by atoms with van der Waals surface area (Å²) in [6.45, 7) is 0.187. The summed E-state index contributed by atoms with van der Waals surface area (Å²) < 4.78 is 8.35. The zero-order chi connectivity index (χ0) is 26.6. The number of halogens is 2. The van der Waals surface area contributed by atoms with Crippen molar-refractivity contribution in [3.05, 3.63) is 107 Å². The van der Waals surface area contributed by atoms with Crippen molar-refractivity contribution in [2.45, 2.75) is 44.6 Å². The van der Waals surface area contributed by atoms with Crippen LogP contribution in [0.25, 0.3) is 10.9 Å². The summed E-state index contributed by atoms with van der Waals surface area (Å²) in [5, 5.41) is 16.9. The van der Waals surface area contributed by atoms with Crippen LogP contribution in [-0.2, 0) is 6.61 Å². The van der Waals surface area contributed by atoms with Crippen LogP contribution in [0.1, 0.15) is 55.0 Å². The summed E-state index contributed by atoms with van der Waals surface area (Å²) in [5.41, 5.74) is 1.50. The van der Waals surface area contributed by atoms with E-state index in [0.29, 0.717) is 26.8 Å². The van der Waals surface area contributed by atoms with Gasteiger partial charge in [-0.25, -0.2) is 4.98 Å². The van der Waals surface area contributed by atoms with Crippen molar-refractivity contribution in [1.29, 1.82) is 0 Å². The average Bonchev–Trinajstić information content (AvgIpc) is 2.93. The van der Waals surface area contributed by atoms with Crippen LogP contribution >= 0.6 is 31.9 Å². The molecule has 5 rings (SSSR count). The molecule has 1 aliphatic carbocycles. The molecule has 0 aliphatic heterocycles. The molecule has 3 aromatic carbocycles. The number of nitro benzene ring substituents is 1. The molecule has 10 heteroatoms. The van der Waals surface area contributed by atoms with E-state index >= 15 is 0 Å². The van der Waals surface area contributed by atoms with E-state index in [2.05, 4.69) is 37.0 Å². The summed E-state index contributed by atoms with van der Waals surface area (Å²) >= 11 is 6.85. The fourth-order valence-electron chi connectivity index (χ4n) is 4.71. The number of hydrogen-bond acceptors (Lipinski definition) is 6. The number of aromatic nitrogens is 2. The molecule has 0 N–H and O–H groups in total. The van der Waals surface area contributed by atoms with E-state index in [1.165, 1.54) is 23.4 Å². The maximum absolute atomic E-state index is 13.5. The Morgan fingerprint density at radius 3 is 2.58 bits per heavy atom. The third kappa shape index (κ3) is 5.71. The SMILES string of the molecule is O=c1c2cc(Br)ccc2nc(C2CCCCC2)n1N=Cc1cc(Br)c(OCc2ccccc2)c([N+](=O)[O-])c1. The molecular formula is C28H24Br2N4O4. The highest BCUT2D eigenvalue weighted by molar-refractivity contribution is 9.10. The number of fused-ring (bicyclic) bond motifs is 1. The van der Waals surface area contributed by atoms with E-state index in [0.717, 1.165) is 35.7 Å². The van der Waals surface area contributed by atoms with Crippen LogP contribution < -0.4 is 10.3 Å². The number of hydrogen-bond donors (Lipinski definition) is 0. The minimum absolute atomic E-state index is 0.122. The summed E-state index contributed by atoms with van der Waals surface area (Å²) in [5.74, 6) is 0.877. The Bertz CT molecular complexity index is 1580. The Kier molecular flexibility index (Phi) is 7.99. The second-order valence-electron chi connectivity index (χ2n) is 9.21. The van der Waals surface area contributed by atoms with Crippen molar-refractivity contribution in [2.75, 3.05) is 0 Å². The van der Waals surface area contributed by atoms with Crippen molar-refractivity contribution >= 4 is 54.7 Å². The predicted molar refractivity (Wildman–Crippen MR) is 154 cm³/mol. The fourth-order valence-corrected chi connectivity index (χ4v) is 5.65. The van der Waals surface area contributed by atoms with Gasteiger partial charge in [-0.3, -0.25) is 14.9 Å².